The molecule has 0 spiro atoms. The zero-order chi connectivity index (χ0) is 7.47. The normalized spacial score (nSPS) is 58.4. The molecule has 0 saturated heterocycles. The van der Waals surface area contributed by atoms with Crippen molar-refractivity contribution in [2.45, 2.75) is 31.3 Å². The maximum absolute atomic E-state index is 10.4. The fourth-order valence-electron chi connectivity index (χ4n) is 3.67. The monoisotopic (exact) mass is 170 g/mol. The van der Waals surface area contributed by atoms with Crippen LogP contribution in [-0.4, -0.2) is 5.60 Å². The summed E-state index contributed by atoms with van der Waals surface area (Å²) in [6, 6.07) is 0. The summed E-state index contributed by atoms with van der Waals surface area (Å²) < 4.78 is 15.7. The van der Waals surface area contributed by atoms with Crippen LogP contribution in [0.25, 0.3) is 0 Å². The van der Waals surface area contributed by atoms with Crippen LogP contribution in [0, 0.1) is 17.8 Å². The molecule has 4 aliphatic carbocycles. The zero-order valence-electron chi connectivity index (χ0n) is 6.32. The molecule has 4 bridgehead atoms. The number of hydrogen-bond donors (Lipinski definition) is 0. The lowest BCUT2D eigenvalue weighted by Crippen LogP contribution is -2.27. The van der Waals surface area contributed by atoms with E-state index in [2.05, 4.69) is 0 Å². The molecule has 4 saturated carbocycles. The van der Waals surface area contributed by atoms with Gasteiger partial charge in [0.2, 0.25) is 0 Å². The second kappa shape index (κ2) is 1.86. The highest BCUT2D eigenvalue weighted by molar-refractivity contribution is 7.17. The van der Waals surface area contributed by atoms with Gasteiger partial charge in [0.25, 0.3) is 0 Å². The first-order chi connectivity index (χ1) is 5.34. The highest BCUT2D eigenvalue weighted by atomic mass is 31.1. The van der Waals surface area contributed by atoms with Crippen molar-refractivity contribution in [3.63, 3.8) is 0 Å². The summed E-state index contributed by atoms with van der Waals surface area (Å²) in [7, 11) is -0.106. The summed E-state index contributed by atoms with van der Waals surface area (Å²) in [6.07, 6.45) is 5.08. The Morgan fingerprint density at radius 3 is 2.27 bits per heavy atom. The Hall–Kier alpha value is 0.0600. The Balaban J connectivity index is 1.95. The van der Waals surface area contributed by atoms with Gasteiger partial charge in [0, 0.05) is 0 Å². The van der Waals surface area contributed by atoms with E-state index < -0.39 is 0 Å². The third kappa shape index (κ3) is 0.636. The lowest BCUT2D eigenvalue weighted by molar-refractivity contribution is 0.0698. The number of hydrogen-bond acceptors (Lipinski definition) is 2. The summed E-state index contributed by atoms with van der Waals surface area (Å²) in [5.74, 6) is 2.59. The summed E-state index contributed by atoms with van der Waals surface area (Å²) in [5, 5.41) is 0. The minimum atomic E-state index is -0.106. The lowest BCUT2D eigenvalue weighted by Gasteiger charge is -2.24. The molecule has 3 heteroatoms. The molecule has 2 unspecified atom stereocenters. The third-order valence-corrected chi connectivity index (χ3v) is 4.46. The Kier molecular flexibility index (Phi) is 1.11. The molecule has 0 N–H and O–H groups in total. The van der Waals surface area contributed by atoms with Crippen LogP contribution >= 0.6 is 8.69 Å². The van der Waals surface area contributed by atoms with Crippen LogP contribution < -0.4 is 0 Å². The van der Waals surface area contributed by atoms with E-state index in [1.165, 1.54) is 25.7 Å². The molecule has 4 rings (SSSR count). The fraction of sp³-hybridized carbons (Fsp3) is 1.00. The maximum Gasteiger partial charge on any atom is 0.327 e. The predicted molar refractivity (Wildman–Crippen MR) is 40.4 cm³/mol. The van der Waals surface area contributed by atoms with Crippen molar-refractivity contribution in [2.75, 3.05) is 0 Å². The maximum atomic E-state index is 10.4. The molecule has 60 valence electrons. The van der Waals surface area contributed by atoms with Crippen LogP contribution in [0.15, 0.2) is 0 Å². The van der Waals surface area contributed by atoms with E-state index in [4.69, 9.17) is 4.52 Å². The highest BCUT2D eigenvalue weighted by Gasteiger charge is 2.64. The van der Waals surface area contributed by atoms with Crippen molar-refractivity contribution in [3.05, 3.63) is 0 Å². The fourth-order valence-corrected chi connectivity index (χ4v) is 4.12. The van der Waals surface area contributed by atoms with Gasteiger partial charge in [0.15, 0.2) is 0 Å². The first-order valence-corrected chi connectivity index (χ1v) is 5.08. The van der Waals surface area contributed by atoms with Gasteiger partial charge in [-0.05, 0) is 43.4 Å². The smallest absolute Gasteiger partial charge is 0.287 e. The van der Waals surface area contributed by atoms with E-state index in [1.807, 2.05) is 0 Å². The second-order valence-electron chi connectivity index (χ2n) is 4.33. The zero-order valence-corrected chi connectivity index (χ0v) is 7.22. The molecule has 0 radical (unpaired) electrons. The first kappa shape index (κ1) is 6.56. The van der Waals surface area contributed by atoms with Crippen molar-refractivity contribution >= 4 is 8.69 Å². The molecule has 0 aromatic carbocycles. The van der Waals surface area contributed by atoms with Gasteiger partial charge in [-0.25, -0.2) is 4.57 Å². The van der Waals surface area contributed by atoms with Crippen LogP contribution in [0.3, 0.4) is 0 Å². The van der Waals surface area contributed by atoms with E-state index >= 15 is 0 Å². The Bertz CT molecular complexity index is 202. The van der Waals surface area contributed by atoms with Crippen molar-refractivity contribution in [1.82, 2.24) is 0 Å². The average molecular weight is 170 g/mol. The van der Waals surface area contributed by atoms with Gasteiger partial charge in [-0.3, -0.25) is 4.52 Å². The van der Waals surface area contributed by atoms with Crippen LogP contribution in [0.4, 0.5) is 0 Å². The largest absolute Gasteiger partial charge is 0.327 e. The van der Waals surface area contributed by atoms with Crippen LogP contribution in [0.2, 0.25) is 0 Å². The molecule has 4 aliphatic rings. The van der Waals surface area contributed by atoms with Crippen LogP contribution in [0.5, 0.6) is 0 Å². The van der Waals surface area contributed by atoms with E-state index in [-0.39, 0.29) is 14.3 Å². The molecule has 2 nitrogen and oxygen atoms in total. The lowest BCUT2D eigenvalue weighted by atomic mass is 9.95. The minimum absolute atomic E-state index is 0.0681. The molecule has 0 heterocycles. The van der Waals surface area contributed by atoms with Crippen molar-refractivity contribution < 1.29 is 9.09 Å². The van der Waals surface area contributed by atoms with Gasteiger partial charge < -0.3 is 0 Å². The highest BCUT2D eigenvalue weighted by Crippen LogP contribution is 2.67. The number of rotatable bonds is 2. The summed E-state index contributed by atoms with van der Waals surface area (Å²) in [4.78, 5) is 0. The van der Waals surface area contributed by atoms with Gasteiger partial charge in [-0.2, -0.15) is 0 Å². The van der Waals surface area contributed by atoms with Crippen molar-refractivity contribution in [1.29, 1.82) is 0 Å². The van der Waals surface area contributed by atoms with Crippen molar-refractivity contribution in [2.24, 2.45) is 17.8 Å². The Morgan fingerprint density at radius 2 is 1.91 bits per heavy atom. The molecule has 0 aromatic heterocycles. The van der Waals surface area contributed by atoms with Gasteiger partial charge in [-0.1, -0.05) is 0 Å². The van der Waals surface area contributed by atoms with E-state index in [1.54, 1.807) is 0 Å². The second-order valence-corrected chi connectivity index (χ2v) is 4.66. The predicted octanol–water partition coefficient (Wildman–Crippen LogP) is 2.40. The Labute approximate surface area is 67.6 Å². The molecule has 11 heavy (non-hydrogen) atoms. The Morgan fingerprint density at radius 1 is 1.27 bits per heavy atom. The van der Waals surface area contributed by atoms with E-state index in [0.29, 0.717) is 0 Å². The quantitative estimate of drug-likeness (QED) is 0.595. The summed E-state index contributed by atoms with van der Waals surface area (Å²) in [5.41, 5.74) is 0.0681. The molecule has 2 atom stereocenters. The van der Waals surface area contributed by atoms with Gasteiger partial charge >= 0.3 is 8.69 Å². The van der Waals surface area contributed by atoms with Gasteiger partial charge in [-0.15, -0.1) is 0 Å². The molecule has 0 aromatic rings. The molecule has 0 amide bonds. The van der Waals surface area contributed by atoms with E-state index in [0.717, 1.165) is 17.8 Å². The minimum Gasteiger partial charge on any atom is -0.287 e. The summed E-state index contributed by atoms with van der Waals surface area (Å²) in [6.45, 7) is 0. The van der Waals surface area contributed by atoms with Crippen LogP contribution in [-0.2, 0) is 9.09 Å². The molecule has 4 fully saturated rings. The van der Waals surface area contributed by atoms with E-state index in [9.17, 15) is 4.57 Å². The van der Waals surface area contributed by atoms with Crippen LogP contribution in [0.1, 0.15) is 25.7 Å². The SMILES string of the molecule is O=POC12CC3CC1CC3C2. The van der Waals surface area contributed by atoms with Gasteiger partial charge in [0.05, 0.1) is 5.60 Å². The standard InChI is InChI=1S/C8H11O2P/c9-11-10-8-3-5-1-7(8)2-6(5)4-8/h5-7H,1-4H2. The topological polar surface area (TPSA) is 26.3 Å². The molecule has 0 aliphatic heterocycles. The average Bonchev–Trinajstić information content (AvgIpc) is 2.54. The van der Waals surface area contributed by atoms with Crippen molar-refractivity contribution in [3.8, 4) is 0 Å². The molecular weight excluding hydrogens is 159 g/mol. The molecular formula is C8H11O2P. The van der Waals surface area contributed by atoms with Gasteiger partial charge in [0.1, 0.15) is 0 Å². The first-order valence-electron chi connectivity index (χ1n) is 4.35. The summed E-state index contributed by atoms with van der Waals surface area (Å²) >= 11 is 0. The third-order valence-electron chi connectivity index (χ3n) is 4.02.